The Bertz CT molecular complexity index is 461. The van der Waals surface area contributed by atoms with Crippen LogP contribution in [0.15, 0.2) is 18.2 Å². The van der Waals surface area contributed by atoms with Crippen LogP contribution < -0.4 is 4.74 Å². The van der Waals surface area contributed by atoms with E-state index in [0.29, 0.717) is 0 Å². The third-order valence-corrected chi connectivity index (χ3v) is 4.67. The number of nitrogens with zero attached hydrogens (tertiary/aromatic N) is 1. The first-order chi connectivity index (χ1) is 9.91. The number of halogens is 1. The van der Waals surface area contributed by atoms with E-state index in [9.17, 15) is 0 Å². The SMILES string of the molecule is COc1ccc(C(C)(C)C)cc1C(Cl)CN1CCCCC1. The van der Waals surface area contributed by atoms with Gasteiger partial charge in [-0.25, -0.2) is 0 Å². The van der Waals surface area contributed by atoms with Gasteiger partial charge in [0.1, 0.15) is 5.75 Å². The third kappa shape index (κ3) is 4.37. The summed E-state index contributed by atoms with van der Waals surface area (Å²) < 4.78 is 5.52. The molecular weight excluding hydrogens is 282 g/mol. The minimum absolute atomic E-state index is 0.0136. The van der Waals surface area contributed by atoms with Crippen molar-refractivity contribution in [3.63, 3.8) is 0 Å². The lowest BCUT2D eigenvalue weighted by atomic mass is 9.85. The summed E-state index contributed by atoms with van der Waals surface area (Å²) in [6.07, 6.45) is 3.94. The number of piperidine rings is 1. The largest absolute Gasteiger partial charge is 0.496 e. The highest BCUT2D eigenvalue weighted by molar-refractivity contribution is 6.21. The van der Waals surface area contributed by atoms with Crippen molar-refractivity contribution < 1.29 is 4.74 Å². The Balaban J connectivity index is 2.19. The molecule has 118 valence electrons. The monoisotopic (exact) mass is 309 g/mol. The number of hydrogen-bond donors (Lipinski definition) is 0. The van der Waals surface area contributed by atoms with Crippen molar-refractivity contribution in [1.29, 1.82) is 0 Å². The van der Waals surface area contributed by atoms with Crippen LogP contribution in [-0.4, -0.2) is 31.6 Å². The Morgan fingerprint density at radius 1 is 1.19 bits per heavy atom. The van der Waals surface area contributed by atoms with Crippen LogP contribution in [0.25, 0.3) is 0 Å². The summed E-state index contributed by atoms with van der Waals surface area (Å²) in [5.41, 5.74) is 2.56. The average molecular weight is 310 g/mol. The van der Waals surface area contributed by atoms with Gasteiger partial charge >= 0.3 is 0 Å². The molecule has 0 bridgehead atoms. The van der Waals surface area contributed by atoms with Crippen LogP contribution in [0.4, 0.5) is 0 Å². The van der Waals surface area contributed by atoms with Crippen molar-refractivity contribution in [3.05, 3.63) is 29.3 Å². The molecule has 0 N–H and O–H groups in total. The molecule has 0 amide bonds. The molecule has 1 heterocycles. The molecular formula is C18H28ClNO. The summed E-state index contributed by atoms with van der Waals surface area (Å²) in [6, 6.07) is 6.43. The lowest BCUT2D eigenvalue weighted by molar-refractivity contribution is 0.228. The topological polar surface area (TPSA) is 12.5 Å². The number of alkyl halides is 1. The standard InChI is InChI=1S/C18H28ClNO/c1-18(2,3)14-8-9-17(21-4)15(12-14)16(19)13-20-10-6-5-7-11-20/h8-9,12,16H,5-7,10-11,13H2,1-4H3. The van der Waals surface area contributed by atoms with E-state index in [1.54, 1.807) is 7.11 Å². The number of ether oxygens (including phenoxy) is 1. The number of likely N-dealkylation sites (tertiary alicyclic amines) is 1. The first-order valence-corrected chi connectivity index (χ1v) is 8.40. The molecule has 0 radical (unpaired) electrons. The number of methoxy groups -OCH3 is 1. The van der Waals surface area contributed by atoms with Gasteiger partial charge in [-0.2, -0.15) is 0 Å². The van der Waals surface area contributed by atoms with Crippen LogP contribution in [0, 0.1) is 0 Å². The zero-order valence-corrected chi connectivity index (χ0v) is 14.5. The fraction of sp³-hybridized carbons (Fsp3) is 0.667. The van der Waals surface area contributed by atoms with Crippen molar-refractivity contribution in [2.45, 2.75) is 50.8 Å². The molecule has 1 aromatic rings. The zero-order chi connectivity index (χ0) is 15.5. The molecule has 1 fully saturated rings. The average Bonchev–Trinajstić information content (AvgIpc) is 2.46. The minimum Gasteiger partial charge on any atom is -0.496 e. The summed E-state index contributed by atoms with van der Waals surface area (Å²) in [5, 5.41) is -0.0136. The van der Waals surface area contributed by atoms with Gasteiger partial charge < -0.3 is 9.64 Å². The van der Waals surface area contributed by atoms with Gasteiger partial charge in [-0.3, -0.25) is 0 Å². The number of hydrogen-bond acceptors (Lipinski definition) is 2. The number of rotatable bonds is 4. The van der Waals surface area contributed by atoms with E-state index in [-0.39, 0.29) is 10.8 Å². The number of benzene rings is 1. The molecule has 1 saturated heterocycles. The highest BCUT2D eigenvalue weighted by Crippen LogP contribution is 2.35. The van der Waals surface area contributed by atoms with Gasteiger partial charge in [0.15, 0.2) is 0 Å². The maximum absolute atomic E-state index is 6.72. The fourth-order valence-corrected chi connectivity index (χ4v) is 3.28. The molecule has 2 rings (SSSR count). The maximum atomic E-state index is 6.72. The highest BCUT2D eigenvalue weighted by Gasteiger charge is 2.22. The Kier molecular flexibility index (Phi) is 5.56. The van der Waals surface area contributed by atoms with Crippen molar-refractivity contribution in [1.82, 2.24) is 4.90 Å². The van der Waals surface area contributed by atoms with Crippen molar-refractivity contribution >= 4 is 11.6 Å². The molecule has 0 saturated carbocycles. The minimum atomic E-state index is -0.0136. The quantitative estimate of drug-likeness (QED) is 0.744. The summed E-state index contributed by atoms with van der Waals surface area (Å²) >= 11 is 6.72. The molecule has 1 aliphatic rings. The van der Waals surface area contributed by atoms with Crippen LogP contribution in [0.5, 0.6) is 5.75 Å². The van der Waals surface area contributed by atoms with Crippen molar-refractivity contribution in [3.8, 4) is 5.75 Å². The molecule has 1 unspecified atom stereocenters. The van der Waals surface area contributed by atoms with Gasteiger partial charge in [0, 0.05) is 12.1 Å². The van der Waals surface area contributed by atoms with Gasteiger partial charge in [-0.05, 0) is 43.0 Å². The zero-order valence-electron chi connectivity index (χ0n) is 13.8. The second kappa shape index (κ2) is 7.02. The predicted octanol–water partition coefficient (Wildman–Crippen LogP) is 4.76. The van der Waals surface area contributed by atoms with Gasteiger partial charge in [0.2, 0.25) is 0 Å². The van der Waals surface area contributed by atoms with Gasteiger partial charge in [-0.1, -0.05) is 39.3 Å². The summed E-state index contributed by atoms with van der Waals surface area (Å²) in [6.45, 7) is 9.94. The highest BCUT2D eigenvalue weighted by atomic mass is 35.5. The summed E-state index contributed by atoms with van der Waals surface area (Å²) in [5.74, 6) is 0.903. The van der Waals surface area contributed by atoms with E-state index in [1.165, 1.54) is 37.9 Å². The molecule has 1 aliphatic heterocycles. The predicted molar refractivity (Wildman–Crippen MR) is 90.6 cm³/mol. The summed E-state index contributed by atoms with van der Waals surface area (Å²) in [7, 11) is 1.72. The van der Waals surface area contributed by atoms with E-state index in [1.807, 2.05) is 0 Å². The van der Waals surface area contributed by atoms with Gasteiger partial charge in [-0.15, -0.1) is 11.6 Å². The van der Waals surface area contributed by atoms with E-state index in [0.717, 1.165) is 17.9 Å². The van der Waals surface area contributed by atoms with Crippen LogP contribution in [0.3, 0.4) is 0 Å². The Hall–Kier alpha value is -0.730. The molecule has 3 heteroatoms. The Labute approximate surface area is 134 Å². The second-order valence-electron chi connectivity index (χ2n) is 7.04. The molecule has 1 atom stereocenters. The van der Waals surface area contributed by atoms with Gasteiger partial charge in [0.05, 0.1) is 12.5 Å². The van der Waals surface area contributed by atoms with Crippen LogP contribution in [0.2, 0.25) is 0 Å². The normalized spacial score (nSPS) is 18.5. The van der Waals surface area contributed by atoms with E-state index < -0.39 is 0 Å². The maximum Gasteiger partial charge on any atom is 0.123 e. The van der Waals surface area contributed by atoms with Crippen molar-refractivity contribution in [2.75, 3.05) is 26.7 Å². The molecule has 1 aromatic carbocycles. The molecule has 2 nitrogen and oxygen atoms in total. The lowest BCUT2D eigenvalue weighted by Crippen LogP contribution is -2.32. The summed E-state index contributed by atoms with van der Waals surface area (Å²) in [4.78, 5) is 2.48. The Morgan fingerprint density at radius 3 is 2.43 bits per heavy atom. The third-order valence-electron chi connectivity index (χ3n) is 4.30. The van der Waals surface area contributed by atoms with Crippen LogP contribution in [-0.2, 0) is 5.41 Å². The fourth-order valence-electron chi connectivity index (χ4n) is 2.91. The first-order valence-electron chi connectivity index (χ1n) is 7.96. The van der Waals surface area contributed by atoms with E-state index in [2.05, 4.69) is 43.9 Å². The smallest absolute Gasteiger partial charge is 0.123 e. The second-order valence-corrected chi connectivity index (χ2v) is 7.56. The molecule has 0 aliphatic carbocycles. The van der Waals surface area contributed by atoms with Crippen LogP contribution >= 0.6 is 11.6 Å². The molecule has 0 aromatic heterocycles. The molecule has 0 spiro atoms. The van der Waals surface area contributed by atoms with Crippen LogP contribution in [0.1, 0.15) is 56.5 Å². The van der Waals surface area contributed by atoms with E-state index in [4.69, 9.17) is 16.3 Å². The van der Waals surface area contributed by atoms with Gasteiger partial charge in [0.25, 0.3) is 0 Å². The van der Waals surface area contributed by atoms with Crippen molar-refractivity contribution in [2.24, 2.45) is 0 Å². The molecule has 21 heavy (non-hydrogen) atoms. The lowest BCUT2D eigenvalue weighted by Gasteiger charge is -2.29. The van der Waals surface area contributed by atoms with E-state index >= 15 is 0 Å². The Morgan fingerprint density at radius 2 is 1.86 bits per heavy atom. The first kappa shape index (κ1) is 16.6.